The van der Waals surface area contributed by atoms with Crippen LogP contribution in [0.3, 0.4) is 0 Å². The first-order chi connectivity index (χ1) is 5.04. The molecule has 0 radical (unpaired) electrons. The number of aliphatic hydroxyl groups is 1. The number of hydrogen-bond donors (Lipinski definition) is 1. The van der Waals surface area contributed by atoms with Crippen molar-refractivity contribution in [3.8, 4) is 0 Å². The zero-order valence-corrected chi connectivity index (χ0v) is 7.90. The normalized spacial score (nSPS) is 12.0. The van der Waals surface area contributed by atoms with Crippen LogP contribution in [0.25, 0.3) is 0 Å². The van der Waals surface area contributed by atoms with E-state index in [-0.39, 0.29) is 12.0 Å². The first-order valence-corrected chi connectivity index (χ1v) is 4.48. The fourth-order valence-electron chi connectivity index (χ4n) is 0.728. The van der Waals surface area contributed by atoms with Crippen LogP contribution < -0.4 is 0 Å². The van der Waals surface area contributed by atoms with Crippen molar-refractivity contribution in [2.45, 2.75) is 32.8 Å². The van der Waals surface area contributed by atoms with E-state index in [1.807, 2.05) is 5.38 Å². The molecule has 0 aliphatic rings. The van der Waals surface area contributed by atoms with E-state index in [9.17, 15) is 0 Å². The lowest BCUT2D eigenvalue weighted by atomic mass is 9.93. The molecule has 0 spiro atoms. The molecule has 0 saturated carbocycles. The third-order valence-electron chi connectivity index (χ3n) is 1.46. The van der Waals surface area contributed by atoms with Gasteiger partial charge in [-0.1, -0.05) is 20.8 Å². The van der Waals surface area contributed by atoms with Crippen molar-refractivity contribution in [1.82, 2.24) is 4.98 Å². The summed E-state index contributed by atoms with van der Waals surface area (Å²) in [5.74, 6) is 0. The lowest BCUT2D eigenvalue weighted by molar-refractivity contribution is 0.280. The van der Waals surface area contributed by atoms with Crippen LogP contribution >= 0.6 is 11.3 Å². The Labute approximate surface area is 70.9 Å². The van der Waals surface area contributed by atoms with Crippen molar-refractivity contribution < 1.29 is 5.11 Å². The molecule has 62 valence electrons. The van der Waals surface area contributed by atoms with E-state index in [2.05, 4.69) is 25.8 Å². The zero-order valence-electron chi connectivity index (χ0n) is 7.09. The fourth-order valence-corrected chi connectivity index (χ4v) is 1.61. The van der Waals surface area contributed by atoms with Gasteiger partial charge in [0, 0.05) is 10.8 Å². The van der Waals surface area contributed by atoms with Crippen molar-refractivity contribution >= 4 is 11.3 Å². The minimum absolute atomic E-state index is 0.0563. The highest BCUT2D eigenvalue weighted by atomic mass is 32.1. The molecule has 1 N–H and O–H groups in total. The van der Waals surface area contributed by atoms with Crippen LogP contribution in [0.4, 0.5) is 0 Å². The maximum Gasteiger partial charge on any atom is 0.118 e. The topological polar surface area (TPSA) is 33.1 Å². The number of hydrogen-bond acceptors (Lipinski definition) is 3. The maximum absolute atomic E-state index is 8.76. The van der Waals surface area contributed by atoms with Gasteiger partial charge in [0.05, 0.1) is 12.3 Å². The second-order valence-corrected chi connectivity index (χ2v) is 4.48. The van der Waals surface area contributed by atoms with Crippen LogP contribution in [0.5, 0.6) is 0 Å². The first kappa shape index (κ1) is 8.68. The molecule has 2 nitrogen and oxygen atoms in total. The zero-order chi connectivity index (χ0) is 8.48. The van der Waals surface area contributed by atoms with Gasteiger partial charge in [0.1, 0.15) is 5.01 Å². The Morgan fingerprint density at radius 3 is 2.45 bits per heavy atom. The Morgan fingerprint density at radius 1 is 1.55 bits per heavy atom. The Morgan fingerprint density at radius 2 is 2.18 bits per heavy atom. The third-order valence-corrected chi connectivity index (χ3v) is 2.29. The Balaban J connectivity index is 2.89. The molecular formula is C8H13NOS. The van der Waals surface area contributed by atoms with E-state index in [1.54, 1.807) is 0 Å². The molecule has 0 fully saturated rings. The van der Waals surface area contributed by atoms with Crippen LogP contribution in [0.1, 0.15) is 31.5 Å². The van der Waals surface area contributed by atoms with Crippen LogP contribution in [0.2, 0.25) is 0 Å². The number of rotatable bonds is 1. The van der Waals surface area contributed by atoms with Crippen molar-refractivity contribution in [2.75, 3.05) is 0 Å². The van der Waals surface area contributed by atoms with Gasteiger partial charge in [-0.05, 0) is 0 Å². The molecule has 0 aromatic carbocycles. The highest BCUT2D eigenvalue weighted by Gasteiger charge is 2.16. The Hall–Kier alpha value is -0.410. The standard InChI is InChI=1S/C8H13NOS/c1-8(2,3)6-5-11-7(4-10)9-6/h5,10H,4H2,1-3H3. The predicted octanol–water partition coefficient (Wildman–Crippen LogP) is 1.93. The molecule has 1 rings (SSSR count). The lowest BCUT2D eigenvalue weighted by Crippen LogP contribution is -2.11. The van der Waals surface area contributed by atoms with Gasteiger partial charge >= 0.3 is 0 Å². The maximum atomic E-state index is 8.76. The summed E-state index contributed by atoms with van der Waals surface area (Å²) in [6, 6.07) is 0. The minimum Gasteiger partial charge on any atom is -0.389 e. The largest absolute Gasteiger partial charge is 0.389 e. The third kappa shape index (κ3) is 2.01. The van der Waals surface area contributed by atoms with Crippen molar-refractivity contribution in [2.24, 2.45) is 0 Å². The average molecular weight is 171 g/mol. The molecule has 0 aliphatic heterocycles. The monoisotopic (exact) mass is 171 g/mol. The summed E-state index contributed by atoms with van der Waals surface area (Å²) in [6.07, 6.45) is 0. The molecule has 0 amide bonds. The summed E-state index contributed by atoms with van der Waals surface area (Å²) in [4.78, 5) is 4.27. The van der Waals surface area contributed by atoms with Gasteiger partial charge < -0.3 is 5.11 Å². The molecule has 11 heavy (non-hydrogen) atoms. The van der Waals surface area contributed by atoms with Gasteiger partial charge in [0.25, 0.3) is 0 Å². The SMILES string of the molecule is CC(C)(C)c1csc(CO)n1. The summed E-state index contributed by atoms with van der Waals surface area (Å²) in [5.41, 5.74) is 1.16. The summed E-state index contributed by atoms with van der Waals surface area (Å²) in [7, 11) is 0. The molecule has 0 unspecified atom stereocenters. The Kier molecular flexibility index (Phi) is 2.30. The van der Waals surface area contributed by atoms with Gasteiger partial charge in [-0.2, -0.15) is 0 Å². The lowest BCUT2D eigenvalue weighted by Gasteiger charge is -2.13. The van der Waals surface area contributed by atoms with Gasteiger partial charge in [-0.3, -0.25) is 0 Å². The molecule has 3 heteroatoms. The molecule has 0 saturated heterocycles. The van der Waals surface area contributed by atoms with Gasteiger partial charge in [0.2, 0.25) is 0 Å². The number of aliphatic hydroxyl groups excluding tert-OH is 1. The van der Waals surface area contributed by atoms with Crippen LogP contribution in [-0.2, 0) is 12.0 Å². The molecule has 1 aromatic heterocycles. The van der Waals surface area contributed by atoms with E-state index < -0.39 is 0 Å². The van der Waals surface area contributed by atoms with E-state index in [0.29, 0.717) is 0 Å². The predicted molar refractivity (Wildman–Crippen MR) is 46.7 cm³/mol. The van der Waals surface area contributed by atoms with E-state index in [0.717, 1.165) is 10.7 Å². The van der Waals surface area contributed by atoms with Crippen molar-refractivity contribution in [3.63, 3.8) is 0 Å². The fraction of sp³-hybridized carbons (Fsp3) is 0.625. The quantitative estimate of drug-likeness (QED) is 0.700. The second kappa shape index (κ2) is 2.91. The van der Waals surface area contributed by atoms with Gasteiger partial charge in [-0.15, -0.1) is 11.3 Å². The van der Waals surface area contributed by atoms with Gasteiger partial charge in [0.15, 0.2) is 0 Å². The van der Waals surface area contributed by atoms with Crippen LogP contribution in [-0.4, -0.2) is 10.1 Å². The smallest absolute Gasteiger partial charge is 0.118 e. The van der Waals surface area contributed by atoms with Crippen LogP contribution in [0.15, 0.2) is 5.38 Å². The number of aromatic nitrogens is 1. The summed E-state index contributed by atoms with van der Waals surface area (Å²) >= 11 is 1.52. The van der Waals surface area contributed by atoms with Gasteiger partial charge in [-0.25, -0.2) is 4.98 Å². The molecule has 1 aromatic rings. The van der Waals surface area contributed by atoms with E-state index in [4.69, 9.17) is 5.11 Å². The number of nitrogens with zero attached hydrogens (tertiary/aromatic N) is 1. The second-order valence-electron chi connectivity index (χ2n) is 3.53. The average Bonchev–Trinajstić information content (AvgIpc) is 2.32. The summed E-state index contributed by atoms with van der Waals surface area (Å²) < 4.78 is 0. The van der Waals surface area contributed by atoms with E-state index in [1.165, 1.54) is 11.3 Å². The molecule has 0 aliphatic carbocycles. The molecule has 0 atom stereocenters. The highest BCUT2D eigenvalue weighted by molar-refractivity contribution is 7.09. The summed E-state index contributed by atoms with van der Waals surface area (Å²) in [5, 5.41) is 11.6. The van der Waals surface area contributed by atoms with Crippen LogP contribution in [0, 0.1) is 0 Å². The van der Waals surface area contributed by atoms with Crippen molar-refractivity contribution in [3.05, 3.63) is 16.1 Å². The molecule has 1 heterocycles. The minimum atomic E-state index is 0.0563. The first-order valence-electron chi connectivity index (χ1n) is 3.60. The van der Waals surface area contributed by atoms with Crippen molar-refractivity contribution in [1.29, 1.82) is 0 Å². The molecular weight excluding hydrogens is 158 g/mol. The molecule has 0 bridgehead atoms. The Bertz CT molecular complexity index is 236. The number of thiazole rings is 1. The highest BCUT2D eigenvalue weighted by Crippen LogP contribution is 2.23. The summed E-state index contributed by atoms with van der Waals surface area (Å²) in [6.45, 7) is 6.40. The van der Waals surface area contributed by atoms with E-state index >= 15 is 0 Å².